The van der Waals surface area contributed by atoms with Gasteiger partial charge in [-0.25, -0.2) is 0 Å². The highest BCUT2D eigenvalue weighted by Crippen LogP contribution is 2.36. The van der Waals surface area contributed by atoms with E-state index in [0.717, 1.165) is 35.6 Å². The second kappa shape index (κ2) is 9.96. The van der Waals surface area contributed by atoms with Gasteiger partial charge in [0, 0.05) is 42.7 Å². The van der Waals surface area contributed by atoms with E-state index in [-0.39, 0.29) is 28.1 Å². The van der Waals surface area contributed by atoms with E-state index in [1.54, 1.807) is 0 Å². The molecule has 1 saturated heterocycles. The monoisotopic (exact) mass is 547 g/mol. The Kier molecular flexibility index (Phi) is 6.83. The van der Waals surface area contributed by atoms with Crippen LogP contribution in [0.2, 0.25) is 5.02 Å². The number of nitrogens with zero attached hydrogens (tertiary/aromatic N) is 5. The second-order valence-electron chi connectivity index (χ2n) is 9.29. The molecule has 1 saturated carbocycles. The summed E-state index contributed by atoms with van der Waals surface area (Å²) in [5, 5.41) is 7.27. The Morgan fingerprint density at radius 1 is 1.29 bits per heavy atom. The summed E-state index contributed by atoms with van der Waals surface area (Å²) in [5.74, 6) is 5.43. The third kappa shape index (κ3) is 4.83. The van der Waals surface area contributed by atoms with E-state index in [1.165, 1.54) is 4.57 Å². The molecule has 13 heteroatoms. The summed E-state index contributed by atoms with van der Waals surface area (Å²) >= 11 is 6.32. The van der Waals surface area contributed by atoms with Crippen LogP contribution in [0, 0.1) is 17.8 Å². The van der Waals surface area contributed by atoms with Gasteiger partial charge in [-0.05, 0) is 37.3 Å². The molecular weight excluding hydrogens is 523 g/mol. The summed E-state index contributed by atoms with van der Waals surface area (Å²) in [7, 11) is 0. The van der Waals surface area contributed by atoms with Gasteiger partial charge in [0.1, 0.15) is 11.7 Å². The predicted octanol–water partition coefficient (Wildman–Crippen LogP) is 2.37. The normalized spacial score (nSPS) is 16.8. The average Bonchev–Trinajstić information content (AvgIpc) is 3.61. The van der Waals surface area contributed by atoms with Gasteiger partial charge in [-0.15, -0.1) is 5.10 Å². The highest BCUT2D eigenvalue weighted by molar-refractivity contribution is 6.31. The molecular formula is C25H25ClF3N7O2. The van der Waals surface area contributed by atoms with Gasteiger partial charge in [0.05, 0.1) is 11.3 Å². The van der Waals surface area contributed by atoms with E-state index in [4.69, 9.17) is 17.3 Å². The summed E-state index contributed by atoms with van der Waals surface area (Å²) < 4.78 is 42.5. The lowest BCUT2D eigenvalue weighted by Gasteiger charge is -2.32. The fourth-order valence-corrected chi connectivity index (χ4v) is 4.95. The Morgan fingerprint density at radius 2 is 2.00 bits per heavy atom. The minimum Gasteiger partial charge on any atom is -0.368 e. The number of carbonyl (C=O) groups excluding carboxylic acids is 1. The van der Waals surface area contributed by atoms with Crippen molar-refractivity contribution in [1.82, 2.24) is 24.5 Å². The maximum atomic E-state index is 13.7. The minimum atomic E-state index is -4.62. The molecule has 0 spiro atoms. The van der Waals surface area contributed by atoms with Crippen molar-refractivity contribution in [1.29, 1.82) is 0 Å². The van der Waals surface area contributed by atoms with Gasteiger partial charge < -0.3 is 16.0 Å². The van der Waals surface area contributed by atoms with Gasteiger partial charge in [0.15, 0.2) is 0 Å². The largest absolute Gasteiger partial charge is 0.416 e. The van der Waals surface area contributed by atoms with Crippen LogP contribution in [0.1, 0.15) is 48.5 Å². The van der Waals surface area contributed by atoms with Crippen LogP contribution < -0.4 is 21.5 Å². The lowest BCUT2D eigenvalue weighted by atomic mass is 10.0. The molecule has 2 aromatic heterocycles. The molecule has 1 amide bonds. The van der Waals surface area contributed by atoms with Crippen molar-refractivity contribution >= 4 is 29.0 Å². The maximum Gasteiger partial charge on any atom is 0.416 e. The van der Waals surface area contributed by atoms with Crippen molar-refractivity contribution < 1.29 is 18.0 Å². The SMILES string of the molecule is CCc1c(N2CCNCC2)c(=O)n2nc(C#CC3CC3)nc2n1C(C(N)=O)c1ccc(C(F)(F)F)cc1Cl. The summed E-state index contributed by atoms with van der Waals surface area (Å²) in [6, 6.07) is 1.36. The fraction of sp³-hybridized carbons (Fsp3) is 0.440. The molecule has 3 heterocycles. The van der Waals surface area contributed by atoms with Crippen LogP contribution in [0.3, 0.4) is 0 Å². The van der Waals surface area contributed by atoms with Gasteiger partial charge in [-0.1, -0.05) is 30.5 Å². The van der Waals surface area contributed by atoms with Crippen LogP contribution in [-0.4, -0.2) is 51.3 Å². The lowest BCUT2D eigenvalue weighted by molar-refractivity contribution is -0.137. The van der Waals surface area contributed by atoms with E-state index in [1.807, 2.05) is 11.8 Å². The van der Waals surface area contributed by atoms with Crippen molar-refractivity contribution in [3.8, 4) is 11.8 Å². The number of aromatic nitrogens is 4. The number of primary amides is 1. The van der Waals surface area contributed by atoms with Crippen LogP contribution >= 0.6 is 11.6 Å². The molecule has 3 aromatic rings. The van der Waals surface area contributed by atoms with Crippen LogP contribution in [0.15, 0.2) is 23.0 Å². The minimum absolute atomic E-state index is 0.00518. The van der Waals surface area contributed by atoms with Crippen molar-refractivity contribution in [2.75, 3.05) is 31.1 Å². The summed E-state index contributed by atoms with van der Waals surface area (Å²) in [5.41, 5.74) is 5.28. The molecule has 200 valence electrons. The third-order valence-electron chi connectivity index (χ3n) is 6.65. The molecule has 1 aromatic carbocycles. The zero-order chi connectivity index (χ0) is 27.2. The molecule has 5 rings (SSSR count). The van der Waals surface area contributed by atoms with E-state index in [2.05, 4.69) is 27.2 Å². The number of benzene rings is 1. The van der Waals surface area contributed by atoms with Crippen molar-refractivity contribution in [3.63, 3.8) is 0 Å². The molecule has 0 bridgehead atoms. The molecule has 9 nitrogen and oxygen atoms in total. The Labute approximate surface area is 220 Å². The first-order chi connectivity index (χ1) is 18.1. The van der Waals surface area contributed by atoms with E-state index >= 15 is 0 Å². The number of carbonyl (C=O) groups is 1. The average molecular weight is 548 g/mol. The van der Waals surface area contributed by atoms with Gasteiger partial charge >= 0.3 is 6.18 Å². The van der Waals surface area contributed by atoms with Gasteiger partial charge in [-0.3, -0.25) is 14.2 Å². The fourth-order valence-electron chi connectivity index (χ4n) is 4.66. The van der Waals surface area contributed by atoms with Gasteiger partial charge in [0.2, 0.25) is 17.5 Å². The molecule has 0 radical (unpaired) electrons. The zero-order valence-electron chi connectivity index (χ0n) is 20.5. The first-order valence-corrected chi connectivity index (χ1v) is 12.6. The number of anilines is 1. The van der Waals surface area contributed by atoms with Crippen LogP contribution in [0.4, 0.5) is 18.9 Å². The number of piperazine rings is 1. The second-order valence-corrected chi connectivity index (χ2v) is 9.70. The van der Waals surface area contributed by atoms with Crippen molar-refractivity contribution in [3.05, 3.63) is 56.2 Å². The number of amides is 1. The first-order valence-electron chi connectivity index (χ1n) is 12.3. The summed E-state index contributed by atoms with van der Waals surface area (Å²) in [6.45, 7) is 4.14. The molecule has 3 N–H and O–H groups in total. The molecule has 2 fully saturated rings. The molecule has 38 heavy (non-hydrogen) atoms. The van der Waals surface area contributed by atoms with E-state index in [0.29, 0.717) is 44.0 Å². The number of nitrogens with one attached hydrogen (secondary N) is 1. The highest BCUT2D eigenvalue weighted by atomic mass is 35.5. The molecule has 1 atom stereocenters. The smallest absolute Gasteiger partial charge is 0.368 e. The van der Waals surface area contributed by atoms with E-state index < -0.39 is 29.2 Å². The quantitative estimate of drug-likeness (QED) is 0.475. The zero-order valence-corrected chi connectivity index (χ0v) is 21.2. The number of hydrogen-bond donors (Lipinski definition) is 2. The number of halogens is 4. The highest BCUT2D eigenvalue weighted by Gasteiger charge is 2.35. The molecule has 1 unspecified atom stereocenters. The Balaban J connectivity index is 1.79. The molecule has 1 aliphatic carbocycles. The van der Waals surface area contributed by atoms with E-state index in [9.17, 15) is 22.8 Å². The topological polar surface area (TPSA) is 111 Å². The summed E-state index contributed by atoms with van der Waals surface area (Å²) in [6.07, 6.45) is -2.36. The molecule has 2 aliphatic rings. The first kappa shape index (κ1) is 26.1. The van der Waals surface area contributed by atoms with Crippen LogP contribution in [-0.2, 0) is 17.4 Å². The standard InChI is InChI=1S/C25H25ClF3N7O2/c1-2-18-21(34-11-9-31-10-12-34)23(38)36-24(32-19(33-36)8-5-14-3-4-14)35(18)20(22(30)37)16-7-6-15(13-17(16)26)25(27,28)29/h6-7,13-14,20,31H,2-4,9-12H2,1H3,(H2,30,37). The van der Waals surface area contributed by atoms with Gasteiger partial charge in [0.25, 0.3) is 5.56 Å². The van der Waals surface area contributed by atoms with Crippen molar-refractivity contribution in [2.24, 2.45) is 11.7 Å². The third-order valence-corrected chi connectivity index (χ3v) is 6.98. The Morgan fingerprint density at radius 3 is 2.58 bits per heavy atom. The summed E-state index contributed by atoms with van der Waals surface area (Å²) in [4.78, 5) is 33.1. The lowest BCUT2D eigenvalue weighted by Crippen LogP contribution is -2.47. The number of hydrogen-bond acceptors (Lipinski definition) is 6. The Bertz CT molecular complexity index is 1530. The number of rotatable bonds is 5. The predicted molar refractivity (Wildman–Crippen MR) is 135 cm³/mol. The number of fused-ring (bicyclic) bond motifs is 1. The maximum absolute atomic E-state index is 13.7. The van der Waals surface area contributed by atoms with Crippen LogP contribution in [0.25, 0.3) is 5.78 Å². The van der Waals surface area contributed by atoms with Gasteiger partial charge in [-0.2, -0.15) is 22.7 Å². The van der Waals surface area contributed by atoms with Crippen molar-refractivity contribution in [2.45, 2.75) is 38.4 Å². The Hall–Kier alpha value is -3.56. The number of alkyl halides is 3. The van der Waals surface area contributed by atoms with Crippen LogP contribution in [0.5, 0.6) is 0 Å². The molecule has 1 aliphatic heterocycles. The number of nitrogens with two attached hydrogens (primary N) is 1.